The third-order valence-corrected chi connectivity index (χ3v) is 1.58. The Labute approximate surface area is 71.0 Å². The molecule has 1 aliphatic heterocycles. The van der Waals surface area contributed by atoms with Crippen LogP contribution in [0.15, 0.2) is 35.8 Å². The molecule has 0 aliphatic carbocycles. The average molecular weight is 166 g/mol. The fourth-order valence-electron chi connectivity index (χ4n) is 0.847. The molecule has 1 aliphatic rings. The summed E-state index contributed by atoms with van der Waals surface area (Å²) < 4.78 is 9.38. The Morgan fingerprint density at radius 1 is 1.42 bits per heavy atom. The van der Waals surface area contributed by atoms with Gasteiger partial charge in [-0.3, -0.25) is 0 Å². The zero-order valence-corrected chi connectivity index (χ0v) is 7.03. The second kappa shape index (κ2) is 3.76. The molecular weight excluding hydrogens is 156 g/mol. The fraction of sp³-hybridized carbons (Fsp3) is 0.222. The Bertz CT molecular complexity index is 257. The van der Waals surface area contributed by atoms with Crippen molar-refractivity contribution in [3.63, 3.8) is 0 Å². The Balaban J connectivity index is 2.88. The van der Waals surface area contributed by atoms with Gasteiger partial charge in [0.2, 0.25) is 0 Å². The number of allylic oxidation sites excluding steroid dienone is 3. The van der Waals surface area contributed by atoms with E-state index in [-0.39, 0.29) is 5.97 Å². The van der Waals surface area contributed by atoms with Gasteiger partial charge in [-0.25, -0.2) is 4.79 Å². The molecule has 0 amide bonds. The van der Waals surface area contributed by atoms with Crippen molar-refractivity contribution in [2.75, 3.05) is 7.11 Å². The van der Waals surface area contributed by atoms with E-state index in [2.05, 4.69) is 4.74 Å². The van der Waals surface area contributed by atoms with Crippen molar-refractivity contribution in [2.24, 2.45) is 0 Å². The van der Waals surface area contributed by atoms with Gasteiger partial charge in [-0.15, -0.1) is 0 Å². The summed E-state index contributed by atoms with van der Waals surface area (Å²) >= 11 is 0. The number of rotatable bonds is 1. The van der Waals surface area contributed by atoms with Crippen molar-refractivity contribution in [1.82, 2.24) is 0 Å². The molecule has 0 saturated heterocycles. The number of carbonyl (C=O) groups excluding carboxylic acids is 1. The Hall–Kier alpha value is -1.51. The number of ether oxygens (including phenoxy) is 2. The van der Waals surface area contributed by atoms with Crippen LogP contribution in [0.1, 0.15) is 6.92 Å². The van der Waals surface area contributed by atoms with E-state index in [4.69, 9.17) is 4.74 Å². The molecule has 3 nitrogen and oxygen atoms in total. The first-order valence-corrected chi connectivity index (χ1v) is 3.53. The lowest BCUT2D eigenvalue weighted by Gasteiger charge is -2.05. The number of hydrogen-bond acceptors (Lipinski definition) is 3. The number of hydrogen-bond donors (Lipinski definition) is 0. The van der Waals surface area contributed by atoms with E-state index in [9.17, 15) is 4.79 Å². The van der Waals surface area contributed by atoms with Crippen LogP contribution in [-0.4, -0.2) is 13.1 Å². The van der Waals surface area contributed by atoms with Gasteiger partial charge in [-0.05, 0) is 24.6 Å². The second-order valence-electron chi connectivity index (χ2n) is 2.31. The summed E-state index contributed by atoms with van der Waals surface area (Å²) in [7, 11) is 1.36. The molecule has 12 heavy (non-hydrogen) atoms. The van der Waals surface area contributed by atoms with E-state index in [0.717, 1.165) is 5.57 Å². The molecule has 0 bridgehead atoms. The standard InChI is InChI=1S/C9H10O3/c1-7(9(10)11-2)8-3-5-12-6-4-8/h3-6H,1-2H3. The van der Waals surface area contributed by atoms with E-state index >= 15 is 0 Å². The van der Waals surface area contributed by atoms with Gasteiger partial charge >= 0.3 is 5.97 Å². The van der Waals surface area contributed by atoms with Crippen molar-refractivity contribution in [3.8, 4) is 0 Å². The van der Waals surface area contributed by atoms with Crippen LogP contribution in [0.5, 0.6) is 0 Å². The predicted molar refractivity (Wildman–Crippen MR) is 44.1 cm³/mol. The van der Waals surface area contributed by atoms with Crippen LogP contribution >= 0.6 is 0 Å². The minimum atomic E-state index is -0.318. The molecule has 0 aromatic carbocycles. The van der Waals surface area contributed by atoms with E-state index in [1.165, 1.54) is 19.6 Å². The summed E-state index contributed by atoms with van der Waals surface area (Å²) in [5.41, 5.74) is 1.39. The third-order valence-electron chi connectivity index (χ3n) is 1.58. The molecule has 0 unspecified atom stereocenters. The lowest BCUT2D eigenvalue weighted by molar-refractivity contribution is -0.136. The maximum absolute atomic E-state index is 11.0. The quantitative estimate of drug-likeness (QED) is 0.437. The molecule has 0 atom stereocenters. The monoisotopic (exact) mass is 166 g/mol. The molecule has 0 saturated carbocycles. The number of esters is 1. The molecule has 0 aromatic heterocycles. The largest absolute Gasteiger partial charge is 0.473 e. The fourth-order valence-corrected chi connectivity index (χ4v) is 0.847. The molecule has 3 heteroatoms. The highest BCUT2D eigenvalue weighted by atomic mass is 16.5. The Morgan fingerprint density at radius 3 is 2.50 bits per heavy atom. The summed E-state index contributed by atoms with van der Waals surface area (Å²) in [5, 5.41) is 0. The van der Waals surface area contributed by atoms with Crippen LogP contribution in [0.4, 0.5) is 0 Å². The predicted octanol–water partition coefficient (Wildman–Crippen LogP) is 1.53. The van der Waals surface area contributed by atoms with Crippen molar-refractivity contribution < 1.29 is 14.3 Å². The minimum Gasteiger partial charge on any atom is -0.473 e. The molecular formula is C9H10O3. The van der Waals surface area contributed by atoms with Gasteiger partial charge in [-0.2, -0.15) is 0 Å². The van der Waals surface area contributed by atoms with Gasteiger partial charge in [-0.1, -0.05) is 0 Å². The summed E-state index contributed by atoms with van der Waals surface area (Å²) in [6.07, 6.45) is 6.46. The Kier molecular flexibility index (Phi) is 2.69. The van der Waals surface area contributed by atoms with Crippen molar-refractivity contribution >= 4 is 5.97 Å². The van der Waals surface area contributed by atoms with Gasteiger partial charge in [0.25, 0.3) is 0 Å². The summed E-state index contributed by atoms with van der Waals surface area (Å²) in [6, 6.07) is 0. The smallest absolute Gasteiger partial charge is 0.334 e. The summed E-state index contributed by atoms with van der Waals surface area (Å²) in [5.74, 6) is -0.318. The zero-order valence-electron chi connectivity index (χ0n) is 7.03. The maximum Gasteiger partial charge on any atom is 0.334 e. The lowest BCUT2D eigenvalue weighted by atomic mass is 10.1. The molecule has 0 N–H and O–H groups in total. The molecule has 1 rings (SSSR count). The van der Waals surface area contributed by atoms with Crippen LogP contribution in [0, 0.1) is 0 Å². The second-order valence-corrected chi connectivity index (χ2v) is 2.31. The van der Waals surface area contributed by atoms with E-state index in [1.54, 1.807) is 19.1 Å². The molecule has 64 valence electrons. The topological polar surface area (TPSA) is 35.5 Å². The van der Waals surface area contributed by atoms with Gasteiger partial charge in [0.1, 0.15) is 0 Å². The summed E-state index contributed by atoms with van der Waals surface area (Å²) in [6.45, 7) is 1.71. The highest BCUT2D eigenvalue weighted by molar-refractivity contribution is 5.89. The molecule has 0 spiro atoms. The van der Waals surface area contributed by atoms with Gasteiger partial charge in [0.15, 0.2) is 0 Å². The van der Waals surface area contributed by atoms with Crippen LogP contribution in [0.3, 0.4) is 0 Å². The first kappa shape index (κ1) is 8.59. The van der Waals surface area contributed by atoms with Crippen LogP contribution in [0.25, 0.3) is 0 Å². The maximum atomic E-state index is 11.0. The Morgan fingerprint density at radius 2 is 2.00 bits per heavy atom. The normalized spacial score (nSPS) is 14.0. The molecule has 1 heterocycles. The van der Waals surface area contributed by atoms with Crippen LogP contribution < -0.4 is 0 Å². The first-order valence-electron chi connectivity index (χ1n) is 3.53. The lowest BCUT2D eigenvalue weighted by Crippen LogP contribution is -2.04. The van der Waals surface area contributed by atoms with Gasteiger partial charge in [0, 0.05) is 5.57 Å². The van der Waals surface area contributed by atoms with Gasteiger partial charge in [0.05, 0.1) is 19.6 Å². The SMILES string of the molecule is COC(=O)C(C)=C1C=COC=C1. The average Bonchev–Trinajstić information content (AvgIpc) is 2.17. The molecule has 0 radical (unpaired) electrons. The number of carbonyl (C=O) groups is 1. The molecule has 0 aromatic rings. The highest BCUT2D eigenvalue weighted by Crippen LogP contribution is 2.12. The van der Waals surface area contributed by atoms with E-state index in [0.29, 0.717) is 5.57 Å². The van der Waals surface area contributed by atoms with Gasteiger partial charge < -0.3 is 9.47 Å². The first-order chi connectivity index (χ1) is 5.75. The van der Waals surface area contributed by atoms with Crippen molar-refractivity contribution in [3.05, 3.63) is 35.8 Å². The molecule has 0 fully saturated rings. The van der Waals surface area contributed by atoms with Crippen molar-refractivity contribution in [1.29, 1.82) is 0 Å². The number of methoxy groups -OCH3 is 1. The van der Waals surface area contributed by atoms with Crippen molar-refractivity contribution in [2.45, 2.75) is 6.92 Å². The van der Waals surface area contributed by atoms with E-state index in [1.807, 2.05) is 0 Å². The highest BCUT2D eigenvalue weighted by Gasteiger charge is 2.07. The van der Waals surface area contributed by atoms with E-state index < -0.39 is 0 Å². The minimum absolute atomic E-state index is 0.318. The third kappa shape index (κ3) is 1.75. The zero-order chi connectivity index (χ0) is 8.97. The van der Waals surface area contributed by atoms with Crippen LogP contribution in [0.2, 0.25) is 0 Å². The summed E-state index contributed by atoms with van der Waals surface area (Å²) in [4.78, 5) is 11.0. The van der Waals surface area contributed by atoms with Crippen LogP contribution in [-0.2, 0) is 14.3 Å².